The van der Waals surface area contributed by atoms with Crippen LogP contribution < -0.4 is 0 Å². The molecule has 0 atom stereocenters. The lowest BCUT2D eigenvalue weighted by Crippen LogP contribution is -2.01. The fraction of sp³-hybridized carbons (Fsp3) is 0.167. The van der Waals surface area contributed by atoms with Gasteiger partial charge in [0.05, 0.1) is 12.1 Å². The number of hydrogen-bond donors (Lipinski definition) is 0. The molecule has 0 radical (unpaired) electrons. The Hall–Kier alpha value is -1.20. The molecular formula is C12H10BrNO2S. The van der Waals surface area contributed by atoms with Crippen molar-refractivity contribution in [1.29, 1.82) is 0 Å². The van der Waals surface area contributed by atoms with Crippen LogP contribution in [0, 0.1) is 0 Å². The van der Waals surface area contributed by atoms with Crippen molar-refractivity contribution in [1.82, 2.24) is 4.98 Å². The van der Waals surface area contributed by atoms with Crippen LogP contribution in [0.4, 0.5) is 0 Å². The standard InChI is InChI=1S/C12H10BrNO2S/c1-16-12(15)10-7-17-11(14-10)6-8-4-2-3-5-9(8)13/h2-5,7H,6H2,1H3. The fourth-order valence-corrected chi connectivity index (χ4v) is 2.61. The van der Waals surface area contributed by atoms with Crippen LogP contribution >= 0.6 is 27.3 Å². The van der Waals surface area contributed by atoms with Crippen LogP contribution in [-0.2, 0) is 11.2 Å². The maximum absolute atomic E-state index is 11.3. The summed E-state index contributed by atoms with van der Waals surface area (Å²) in [6, 6.07) is 7.97. The van der Waals surface area contributed by atoms with Crippen molar-refractivity contribution in [3.8, 4) is 0 Å². The van der Waals surface area contributed by atoms with E-state index in [4.69, 9.17) is 0 Å². The highest BCUT2D eigenvalue weighted by Crippen LogP contribution is 2.21. The van der Waals surface area contributed by atoms with Gasteiger partial charge in [-0.3, -0.25) is 0 Å². The Labute approximate surface area is 112 Å². The van der Waals surface area contributed by atoms with Gasteiger partial charge in [-0.15, -0.1) is 11.3 Å². The summed E-state index contributed by atoms with van der Waals surface area (Å²) in [5.74, 6) is -0.389. The third kappa shape index (κ3) is 2.92. The first kappa shape index (κ1) is 12.3. The Kier molecular flexibility index (Phi) is 3.91. The van der Waals surface area contributed by atoms with E-state index >= 15 is 0 Å². The zero-order valence-electron chi connectivity index (χ0n) is 9.14. The Morgan fingerprint density at radius 2 is 2.24 bits per heavy atom. The lowest BCUT2D eigenvalue weighted by atomic mass is 10.2. The number of rotatable bonds is 3. The summed E-state index contributed by atoms with van der Waals surface area (Å²) in [6.07, 6.45) is 0.711. The van der Waals surface area contributed by atoms with E-state index in [1.165, 1.54) is 18.4 Å². The molecule has 0 saturated heterocycles. The van der Waals surface area contributed by atoms with E-state index in [9.17, 15) is 4.79 Å². The van der Waals surface area contributed by atoms with Gasteiger partial charge in [0.2, 0.25) is 0 Å². The lowest BCUT2D eigenvalue weighted by Gasteiger charge is -2.00. The van der Waals surface area contributed by atoms with Crippen LogP contribution in [0.5, 0.6) is 0 Å². The highest BCUT2D eigenvalue weighted by Gasteiger charge is 2.11. The summed E-state index contributed by atoms with van der Waals surface area (Å²) in [5, 5.41) is 2.62. The van der Waals surface area contributed by atoms with Gasteiger partial charge >= 0.3 is 5.97 Å². The van der Waals surface area contributed by atoms with Crippen LogP contribution in [0.2, 0.25) is 0 Å². The van der Waals surface area contributed by atoms with E-state index < -0.39 is 0 Å². The number of ether oxygens (including phenoxy) is 1. The van der Waals surface area contributed by atoms with Crippen molar-refractivity contribution < 1.29 is 9.53 Å². The smallest absolute Gasteiger partial charge is 0.357 e. The molecule has 1 aromatic heterocycles. The van der Waals surface area contributed by atoms with Crippen molar-refractivity contribution in [2.45, 2.75) is 6.42 Å². The molecule has 0 aliphatic carbocycles. The summed E-state index contributed by atoms with van der Waals surface area (Å²) in [7, 11) is 1.36. The summed E-state index contributed by atoms with van der Waals surface area (Å²) < 4.78 is 5.67. The highest BCUT2D eigenvalue weighted by atomic mass is 79.9. The number of aromatic nitrogens is 1. The fourth-order valence-electron chi connectivity index (χ4n) is 1.40. The number of halogens is 1. The predicted molar refractivity (Wildman–Crippen MR) is 70.4 cm³/mol. The number of methoxy groups -OCH3 is 1. The van der Waals surface area contributed by atoms with Gasteiger partial charge in [-0.2, -0.15) is 0 Å². The zero-order valence-corrected chi connectivity index (χ0v) is 11.5. The molecule has 88 valence electrons. The first-order valence-electron chi connectivity index (χ1n) is 4.97. The van der Waals surface area contributed by atoms with Crippen molar-refractivity contribution in [2.75, 3.05) is 7.11 Å². The second-order valence-corrected chi connectivity index (χ2v) is 5.18. The number of nitrogens with zero attached hydrogens (tertiary/aromatic N) is 1. The monoisotopic (exact) mass is 311 g/mol. The zero-order chi connectivity index (χ0) is 12.3. The minimum absolute atomic E-state index is 0.375. The van der Waals surface area contributed by atoms with Gasteiger partial charge in [-0.05, 0) is 11.6 Å². The Balaban J connectivity index is 2.17. The average Bonchev–Trinajstić information content (AvgIpc) is 2.80. The summed E-state index contributed by atoms with van der Waals surface area (Å²) in [4.78, 5) is 15.5. The van der Waals surface area contributed by atoms with Gasteiger partial charge in [0.25, 0.3) is 0 Å². The minimum atomic E-state index is -0.389. The quantitative estimate of drug-likeness (QED) is 0.817. The molecule has 17 heavy (non-hydrogen) atoms. The third-order valence-electron chi connectivity index (χ3n) is 2.25. The van der Waals surface area contributed by atoms with E-state index in [2.05, 4.69) is 25.7 Å². The molecule has 0 spiro atoms. The van der Waals surface area contributed by atoms with Crippen molar-refractivity contribution in [2.24, 2.45) is 0 Å². The van der Waals surface area contributed by atoms with Crippen LogP contribution in [0.25, 0.3) is 0 Å². The SMILES string of the molecule is COC(=O)c1csc(Cc2ccccc2Br)n1. The second-order valence-electron chi connectivity index (χ2n) is 3.39. The van der Waals surface area contributed by atoms with Gasteiger partial charge in [0.15, 0.2) is 5.69 Å². The number of benzene rings is 1. The van der Waals surface area contributed by atoms with Crippen molar-refractivity contribution in [3.05, 3.63) is 50.4 Å². The van der Waals surface area contributed by atoms with Gasteiger partial charge < -0.3 is 4.74 Å². The summed E-state index contributed by atoms with van der Waals surface area (Å²) in [6.45, 7) is 0. The van der Waals surface area contributed by atoms with E-state index in [-0.39, 0.29) is 5.97 Å². The molecule has 5 heteroatoms. The molecule has 0 N–H and O–H groups in total. The molecule has 0 bridgehead atoms. The minimum Gasteiger partial charge on any atom is -0.464 e. The second kappa shape index (κ2) is 5.42. The van der Waals surface area contributed by atoms with Crippen molar-refractivity contribution >= 4 is 33.2 Å². The van der Waals surface area contributed by atoms with E-state index in [0.717, 1.165) is 15.0 Å². The number of carbonyl (C=O) groups is 1. The molecule has 2 rings (SSSR count). The van der Waals surface area contributed by atoms with E-state index in [1.807, 2.05) is 24.3 Å². The maximum atomic E-state index is 11.3. The van der Waals surface area contributed by atoms with E-state index in [0.29, 0.717) is 12.1 Å². The van der Waals surface area contributed by atoms with Gasteiger partial charge in [-0.25, -0.2) is 9.78 Å². The van der Waals surface area contributed by atoms with Crippen LogP contribution in [0.15, 0.2) is 34.1 Å². The van der Waals surface area contributed by atoms with Crippen LogP contribution in [-0.4, -0.2) is 18.1 Å². The lowest BCUT2D eigenvalue weighted by molar-refractivity contribution is 0.0594. The van der Waals surface area contributed by atoms with Crippen LogP contribution in [0.3, 0.4) is 0 Å². The Morgan fingerprint density at radius 1 is 1.47 bits per heavy atom. The number of hydrogen-bond acceptors (Lipinski definition) is 4. The molecule has 0 amide bonds. The van der Waals surface area contributed by atoms with E-state index in [1.54, 1.807) is 5.38 Å². The molecule has 0 aliphatic rings. The number of esters is 1. The van der Waals surface area contributed by atoms with Crippen molar-refractivity contribution in [3.63, 3.8) is 0 Å². The Bertz CT molecular complexity index is 539. The molecule has 0 fully saturated rings. The molecule has 1 heterocycles. The average molecular weight is 312 g/mol. The highest BCUT2D eigenvalue weighted by molar-refractivity contribution is 9.10. The van der Waals surface area contributed by atoms with Crippen LogP contribution in [0.1, 0.15) is 21.1 Å². The summed E-state index contributed by atoms with van der Waals surface area (Å²) in [5.41, 5.74) is 1.53. The Morgan fingerprint density at radius 3 is 2.94 bits per heavy atom. The summed E-state index contributed by atoms with van der Waals surface area (Å²) >= 11 is 4.95. The largest absolute Gasteiger partial charge is 0.464 e. The number of thiazole rings is 1. The molecule has 3 nitrogen and oxygen atoms in total. The molecule has 0 saturated carbocycles. The third-order valence-corrected chi connectivity index (χ3v) is 3.87. The molecule has 1 aromatic carbocycles. The van der Waals surface area contributed by atoms with Gasteiger partial charge in [0, 0.05) is 16.3 Å². The molecular weight excluding hydrogens is 302 g/mol. The normalized spacial score (nSPS) is 10.2. The first-order valence-corrected chi connectivity index (χ1v) is 6.64. The predicted octanol–water partition coefficient (Wildman–Crippen LogP) is 3.28. The number of carbonyl (C=O) groups excluding carboxylic acids is 1. The molecule has 0 aliphatic heterocycles. The first-order chi connectivity index (χ1) is 8.20. The van der Waals surface area contributed by atoms with Gasteiger partial charge in [0.1, 0.15) is 0 Å². The van der Waals surface area contributed by atoms with Gasteiger partial charge in [-0.1, -0.05) is 34.1 Å². The molecule has 0 unspecified atom stereocenters. The topological polar surface area (TPSA) is 39.2 Å². The molecule has 2 aromatic rings. The maximum Gasteiger partial charge on any atom is 0.357 e.